The first kappa shape index (κ1) is 12.7. The average Bonchev–Trinajstić information content (AvgIpc) is 2.28. The van der Waals surface area contributed by atoms with Crippen molar-refractivity contribution >= 4 is 23.2 Å². The molecule has 0 spiro atoms. The van der Waals surface area contributed by atoms with Crippen LogP contribution in [0.25, 0.3) is 0 Å². The summed E-state index contributed by atoms with van der Waals surface area (Å²) < 4.78 is 17.4. The first-order chi connectivity index (χ1) is 7.63. The fourth-order valence-electron chi connectivity index (χ4n) is 0.995. The van der Waals surface area contributed by atoms with E-state index in [-0.39, 0.29) is 13.2 Å². The molecule has 1 aromatic rings. The van der Waals surface area contributed by atoms with Gasteiger partial charge in [0.25, 0.3) is 11.5 Å². The summed E-state index contributed by atoms with van der Waals surface area (Å²) in [5.74, 6) is -0.361. The van der Waals surface area contributed by atoms with Gasteiger partial charge < -0.3 is 15.2 Å². The van der Waals surface area contributed by atoms with Crippen LogP contribution < -0.4 is 10.1 Å². The Labute approximate surface area is 97.0 Å². The standard InChI is InChI=1S/C10H11ClFNO3/c11-9(12)10(15)13-7-1-3-8(4-2-7)16-6-5-14/h1-4,9,14H,5-6H2,(H,13,15). The highest BCUT2D eigenvalue weighted by Gasteiger charge is 2.12. The molecule has 0 aliphatic heterocycles. The number of carbonyl (C=O) groups is 1. The Bertz CT molecular complexity index is 342. The summed E-state index contributed by atoms with van der Waals surface area (Å²) in [6.45, 7) is 0.119. The van der Waals surface area contributed by atoms with Gasteiger partial charge in [0.1, 0.15) is 12.4 Å². The minimum absolute atomic E-state index is 0.0751. The molecule has 88 valence electrons. The van der Waals surface area contributed by atoms with Crippen LogP contribution in [0.5, 0.6) is 5.75 Å². The number of anilines is 1. The van der Waals surface area contributed by atoms with Crippen molar-refractivity contribution in [2.75, 3.05) is 18.5 Å². The van der Waals surface area contributed by atoms with E-state index >= 15 is 0 Å². The second kappa shape index (κ2) is 6.30. The molecule has 0 radical (unpaired) electrons. The Morgan fingerprint density at radius 3 is 2.62 bits per heavy atom. The normalized spacial score (nSPS) is 11.9. The number of rotatable bonds is 5. The van der Waals surface area contributed by atoms with E-state index in [4.69, 9.17) is 21.4 Å². The molecule has 0 heterocycles. The molecule has 6 heteroatoms. The summed E-state index contributed by atoms with van der Waals surface area (Å²) >= 11 is 4.95. The molecule has 4 nitrogen and oxygen atoms in total. The number of amides is 1. The number of carbonyl (C=O) groups excluding carboxylic acids is 1. The molecule has 0 bridgehead atoms. The molecule has 16 heavy (non-hydrogen) atoms. The van der Waals surface area contributed by atoms with E-state index in [1.807, 2.05) is 0 Å². The molecule has 0 aliphatic rings. The monoisotopic (exact) mass is 247 g/mol. The van der Waals surface area contributed by atoms with Crippen molar-refractivity contribution in [3.63, 3.8) is 0 Å². The lowest BCUT2D eigenvalue weighted by Gasteiger charge is -2.07. The molecule has 0 aromatic heterocycles. The third-order valence-electron chi connectivity index (χ3n) is 1.68. The Morgan fingerprint density at radius 2 is 2.12 bits per heavy atom. The van der Waals surface area contributed by atoms with Gasteiger partial charge in [0, 0.05) is 5.69 Å². The van der Waals surface area contributed by atoms with Crippen LogP contribution in [0.15, 0.2) is 24.3 Å². The fraction of sp³-hybridized carbons (Fsp3) is 0.300. The zero-order chi connectivity index (χ0) is 12.0. The highest BCUT2D eigenvalue weighted by Crippen LogP contribution is 2.16. The maximum absolute atomic E-state index is 12.3. The van der Waals surface area contributed by atoms with Crippen LogP contribution in [-0.4, -0.2) is 29.9 Å². The van der Waals surface area contributed by atoms with Crippen molar-refractivity contribution in [1.29, 1.82) is 0 Å². The second-order valence-electron chi connectivity index (χ2n) is 2.89. The van der Waals surface area contributed by atoms with E-state index in [0.717, 1.165) is 0 Å². The molecule has 0 aliphatic carbocycles. The molecule has 1 atom stereocenters. The zero-order valence-corrected chi connectivity index (χ0v) is 9.08. The lowest BCUT2D eigenvalue weighted by atomic mass is 10.3. The Morgan fingerprint density at radius 1 is 1.50 bits per heavy atom. The minimum Gasteiger partial charge on any atom is -0.491 e. The van der Waals surface area contributed by atoms with Crippen LogP contribution in [-0.2, 0) is 4.79 Å². The predicted molar refractivity (Wildman–Crippen MR) is 58.4 cm³/mol. The summed E-state index contributed by atoms with van der Waals surface area (Å²) in [6, 6.07) is 6.27. The number of aliphatic hydroxyl groups excluding tert-OH is 1. The van der Waals surface area contributed by atoms with Crippen LogP contribution in [0, 0.1) is 0 Å². The van der Waals surface area contributed by atoms with Gasteiger partial charge in [-0.3, -0.25) is 4.79 Å². The minimum atomic E-state index is -2.06. The van der Waals surface area contributed by atoms with E-state index in [0.29, 0.717) is 11.4 Å². The number of aliphatic hydroxyl groups is 1. The Kier molecular flexibility index (Phi) is 5.01. The highest BCUT2D eigenvalue weighted by molar-refractivity contribution is 6.31. The predicted octanol–water partition coefficient (Wildman–Crippen LogP) is 1.53. The SMILES string of the molecule is O=C(Nc1ccc(OCCO)cc1)C(F)Cl. The van der Waals surface area contributed by atoms with Crippen molar-refractivity contribution in [1.82, 2.24) is 0 Å². The lowest BCUT2D eigenvalue weighted by molar-refractivity contribution is -0.118. The highest BCUT2D eigenvalue weighted by atomic mass is 35.5. The Balaban J connectivity index is 2.54. The van der Waals surface area contributed by atoms with Gasteiger partial charge in [-0.2, -0.15) is 0 Å². The zero-order valence-electron chi connectivity index (χ0n) is 8.32. The quantitative estimate of drug-likeness (QED) is 0.776. The number of benzene rings is 1. The van der Waals surface area contributed by atoms with E-state index < -0.39 is 11.5 Å². The summed E-state index contributed by atoms with van der Waals surface area (Å²) in [6.07, 6.45) is 0. The number of alkyl halides is 2. The van der Waals surface area contributed by atoms with E-state index in [9.17, 15) is 9.18 Å². The molecule has 0 saturated carbocycles. The fourth-order valence-corrected chi connectivity index (χ4v) is 1.05. The number of ether oxygens (including phenoxy) is 1. The summed E-state index contributed by atoms with van der Waals surface area (Å²) in [7, 11) is 0. The average molecular weight is 248 g/mol. The van der Waals surface area contributed by atoms with E-state index in [1.165, 1.54) is 0 Å². The third-order valence-corrected chi connectivity index (χ3v) is 1.88. The largest absolute Gasteiger partial charge is 0.491 e. The second-order valence-corrected chi connectivity index (χ2v) is 3.27. The summed E-state index contributed by atoms with van der Waals surface area (Å²) in [5.41, 5.74) is -1.64. The summed E-state index contributed by atoms with van der Waals surface area (Å²) in [4.78, 5) is 10.9. The molecule has 2 N–H and O–H groups in total. The first-order valence-corrected chi connectivity index (χ1v) is 5.00. The van der Waals surface area contributed by atoms with Gasteiger partial charge in [-0.1, -0.05) is 11.6 Å². The smallest absolute Gasteiger partial charge is 0.274 e. The number of halogens is 2. The van der Waals surface area contributed by atoms with Crippen LogP contribution in [0.2, 0.25) is 0 Å². The Hall–Kier alpha value is -1.33. The van der Waals surface area contributed by atoms with Gasteiger partial charge in [-0.05, 0) is 24.3 Å². The molecule has 1 aromatic carbocycles. The van der Waals surface area contributed by atoms with Crippen molar-refractivity contribution < 1.29 is 19.0 Å². The number of hydrogen-bond donors (Lipinski definition) is 2. The lowest BCUT2D eigenvalue weighted by Crippen LogP contribution is -2.19. The van der Waals surface area contributed by atoms with E-state index in [1.54, 1.807) is 24.3 Å². The van der Waals surface area contributed by atoms with Gasteiger partial charge in [0.2, 0.25) is 0 Å². The molecule has 0 fully saturated rings. The maximum Gasteiger partial charge on any atom is 0.274 e. The van der Waals surface area contributed by atoms with Crippen molar-refractivity contribution in [3.05, 3.63) is 24.3 Å². The van der Waals surface area contributed by atoms with Crippen LogP contribution in [0.3, 0.4) is 0 Å². The van der Waals surface area contributed by atoms with Gasteiger partial charge in [0.15, 0.2) is 0 Å². The van der Waals surface area contributed by atoms with Crippen molar-refractivity contribution in [2.24, 2.45) is 0 Å². The third kappa shape index (κ3) is 4.04. The molecule has 1 amide bonds. The topological polar surface area (TPSA) is 58.6 Å². The molecular formula is C10H11ClFNO3. The molecule has 0 saturated heterocycles. The van der Waals surface area contributed by atoms with Crippen LogP contribution in [0.1, 0.15) is 0 Å². The van der Waals surface area contributed by atoms with E-state index in [2.05, 4.69) is 5.32 Å². The molecule has 1 rings (SSSR count). The maximum atomic E-state index is 12.3. The van der Waals surface area contributed by atoms with Crippen molar-refractivity contribution in [3.8, 4) is 5.75 Å². The van der Waals surface area contributed by atoms with Gasteiger partial charge in [0.05, 0.1) is 6.61 Å². The van der Waals surface area contributed by atoms with Gasteiger partial charge in [-0.15, -0.1) is 0 Å². The number of nitrogens with one attached hydrogen (secondary N) is 1. The molecular weight excluding hydrogens is 237 g/mol. The number of hydrogen-bond acceptors (Lipinski definition) is 3. The summed E-state index contributed by atoms with van der Waals surface area (Å²) in [5, 5.41) is 10.8. The van der Waals surface area contributed by atoms with Crippen LogP contribution >= 0.6 is 11.6 Å². The van der Waals surface area contributed by atoms with Crippen molar-refractivity contribution in [2.45, 2.75) is 5.63 Å². The molecule has 1 unspecified atom stereocenters. The first-order valence-electron chi connectivity index (χ1n) is 4.56. The van der Waals surface area contributed by atoms with Gasteiger partial charge >= 0.3 is 0 Å². The van der Waals surface area contributed by atoms with Crippen LogP contribution in [0.4, 0.5) is 10.1 Å². The van der Waals surface area contributed by atoms with Gasteiger partial charge in [-0.25, -0.2) is 4.39 Å².